The van der Waals surface area contributed by atoms with E-state index in [9.17, 15) is 23.9 Å². The van der Waals surface area contributed by atoms with Crippen LogP contribution in [-0.4, -0.2) is 79.9 Å². The SMILES string of the molecule is N[C@H](CC1=CNCC=N1)C(=O)N1CCN(c2ccc(/C(=C/NCNC=O)C(=O)O)cc2F)CC1. The highest BCUT2D eigenvalue weighted by Gasteiger charge is 2.27. The molecular formula is C22H28FN7O4. The average Bonchev–Trinajstić information content (AvgIpc) is 2.84. The second-order valence-electron chi connectivity index (χ2n) is 7.71. The Morgan fingerprint density at radius 3 is 2.65 bits per heavy atom. The fraction of sp³-hybridized carbons (Fsp3) is 0.364. The van der Waals surface area contributed by atoms with Crippen LogP contribution >= 0.6 is 0 Å². The Bertz CT molecular complexity index is 1000. The molecule has 182 valence electrons. The first-order valence-electron chi connectivity index (χ1n) is 10.8. The Labute approximate surface area is 196 Å². The van der Waals surface area contributed by atoms with Crippen molar-refractivity contribution < 1.29 is 23.9 Å². The second kappa shape index (κ2) is 11.8. The number of benzene rings is 1. The molecule has 1 aromatic carbocycles. The van der Waals surface area contributed by atoms with E-state index in [1.54, 1.807) is 17.3 Å². The standard InChI is InChI=1S/C22H28FN7O4/c23-18-9-15(17(22(33)34)12-26-13-27-14-31)1-2-20(18)29-5-7-30(8-6-29)21(32)19(24)10-16-11-25-3-4-28-16/h1-2,4,9,11-12,14,19,25-26H,3,5-8,10,13,24H2,(H,27,31)(H,33,34)/b17-12-/t19-/m1/s1. The van der Waals surface area contributed by atoms with Crippen molar-refractivity contribution in [2.45, 2.75) is 12.5 Å². The van der Waals surface area contributed by atoms with Gasteiger partial charge in [-0.15, -0.1) is 0 Å². The van der Waals surface area contributed by atoms with Gasteiger partial charge in [-0.1, -0.05) is 6.07 Å². The number of carbonyl (C=O) groups excluding carboxylic acids is 2. The van der Waals surface area contributed by atoms with Crippen LogP contribution in [0.15, 0.2) is 41.3 Å². The minimum Gasteiger partial charge on any atom is -0.478 e. The smallest absolute Gasteiger partial charge is 0.337 e. The Balaban J connectivity index is 1.59. The summed E-state index contributed by atoms with van der Waals surface area (Å²) in [6.07, 6.45) is 5.48. The van der Waals surface area contributed by atoms with Gasteiger partial charge in [-0.05, 0) is 17.7 Å². The van der Waals surface area contributed by atoms with E-state index in [1.807, 2.05) is 4.90 Å². The summed E-state index contributed by atoms with van der Waals surface area (Å²) in [6.45, 7) is 2.30. The third-order valence-corrected chi connectivity index (χ3v) is 5.44. The summed E-state index contributed by atoms with van der Waals surface area (Å²) < 4.78 is 14.9. The van der Waals surface area contributed by atoms with Gasteiger partial charge >= 0.3 is 5.97 Å². The number of nitrogens with two attached hydrogens (primary N) is 1. The highest BCUT2D eigenvalue weighted by Crippen LogP contribution is 2.25. The van der Waals surface area contributed by atoms with Crippen LogP contribution < -0.4 is 26.6 Å². The monoisotopic (exact) mass is 473 g/mol. The van der Waals surface area contributed by atoms with Crippen molar-refractivity contribution >= 4 is 35.8 Å². The largest absolute Gasteiger partial charge is 0.478 e. The van der Waals surface area contributed by atoms with Crippen molar-refractivity contribution in [2.75, 3.05) is 44.3 Å². The number of carboxylic acids is 1. The van der Waals surface area contributed by atoms with Crippen LogP contribution in [0, 0.1) is 5.82 Å². The van der Waals surface area contributed by atoms with Crippen LogP contribution in [0.2, 0.25) is 0 Å². The predicted octanol–water partition coefficient (Wildman–Crippen LogP) is -0.574. The molecule has 1 atom stereocenters. The zero-order valence-corrected chi connectivity index (χ0v) is 18.5. The third kappa shape index (κ3) is 6.32. The van der Waals surface area contributed by atoms with E-state index >= 15 is 0 Å². The lowest BCUT2D eigenvalue weighted by Crippen LogP contribution is -2.53. The van der Waals surface area contributed by atoms with Gasteiger partial charge in [-0.2, -0.15) is 0 Å². The van der Waals surface area contributed by atoms with Gasteiger partial charge in [-0.25, -0.2) is 9.18 Å². The van der Waals surface area contributed by atoms with Crippen LogP contribution in [0.3, 0.4) is 0 Å². The van der Waals surface area contributed by atoms with E-state index in [1.165, 1.54) is 18.3 Å². The zero-order chi connectivity index (χ0) is 24.5. The number of carboxylic acid groups (broad SMARTS) is 1. The number of aliphatic imine (C=N–C) groups is 1. The lowest BCUT2D eigenvalue weighted by molar-refractivity contribution is -0.133. The van der Waals surface area contributed by atoms with E-state index < -0.39 is 17.8 Å². The summed E-state index contributed by atoms with van der Waals surface area (Å²) >= 11 is 0. The number of aliphatic carboxylic acids is 1. The van der Waals surface area contributed by atoms with E-state index in [0.29, 0.717) is 51.2 Å². The molecule has 0 spiro atoms. The van der Waals surface area contributed by atoms with Gasteiger partial charge in [0, 0.05) is 57.8 Å². The summed E-state index contributed by atoms with van der Waals surface area (Å²) in [5.74, 6) is -1.98. The summed E-state index contributed by atoms with van der Waals surface area (Å²) in [7, 11) is 0. The molecular weight excluding hydrogens is 445 g/mol. The first-order chi connectivity index (χ1) is 16.4. The number of hydrogen-bond donors (Lipinski definition) is 5. The number of hydrogen-bond acceptors (Lipinski definition) is 8. The van der Waals surface area contributed by atoms with Gasteiger partial charge in [0.05, 0.1) is 29.7 Å². The molecule has 1 saturated heterocycles. The molecule has 34 heavy (non-hydrogen) atoms. The van der Waals surface area contributed by atoms with Crippen molar-refractivity contribution in [3.8, 4) is 0 Å². The summed E-state index contributed by atoms with van der Waals surface area (Å²) in [5, 5.41) is 17.4. The molecule has 2 aliphatic heterocycles. The number of nitrogens with one attached hydrogen (secondary N) is 3. The van der Waals surface area contributed by atoms with Gasteiger partial charge in [0.2, 0.25) is 12.3 Å². The fourth-order valence-corrected chi connectivity index (χ4v) is 3.71. The number of nitrogens with zero attached hydrogens (tertiary/aromatic N) is 3. The highest BCUT2D eigenvalue weighted by atomic mass is 19.1. The molecule has 2 heterocycles. The Morgan fingerprint density at radius 2 is 2.03 bits per heavy atom. The number of carbonyl (C=O) groups is 3. The number of amides is 2. The number of piperazine rings is 1. The number of rotatable bonds is 10. The summed E-state index contributed by atoms with van der Waals surface area (Å²) in [4.78, 5) is 42.2. The minimum absolute atomic E-state index is 0.0369. The lowest BCUT2D eigenvalue weighted by Gasteiger charge is -2.37. The molecule has 2 aliphatic rings. The molecule has 0 bridgehead atoms. The number of halogens is 1. The first-order valence-corrected chi connectivity index (χ1v) is 10.8. The van der Waals surface area contributed by atoms with E-state index in [-0.39, 0.29) is 23.7 Å². The normalized spacial score (nSPS) is 16.9. The maximum atomic E-state index is 14.9. The van der Waals surface area contributed by atoms with Crippen LogP contribution in [0.4, 0.5) is 10.1 Å². The van der Waals surface area contributed by atoms with Crippen molar-refractivity contribution in [3.05, 3.63) is 47.7 Å². The third-order valence-electron chi connectivity index (χ3n) is 5.44. The van der Waals surface area contributed by atoms with Crippen LogP contribution in [0.1, 0.15) is 12.0 Å². The second-order valence-corrected chi connectivity index (χ2v) is 7.71. The summed E-state index contributed by atoms with van der Waals surface area (Å²) in [5.41, 5.74) is 7.17. The molecule has 1 fully saturated rings. The molecule has 1 aromatic rings. The molecule has 0 unspecified atom stereocenters. The molecule has 0 aliphatic carbocycles. The van der Waals surface area contributed by atoms with E-state index in [0.717, 1.165) is 11.8 Å². The van der Waals surface area contributed by atoms with Gasteiger partial charge in [0.25, 0.3) is 0 Å². The zero-order valence-electron chi connectivity index (χ0n) is 18.5. The molecule has 2 amide bonds. The quantitative estimate of drug-likeness (QED) is 0.131. The Kier molecular flexibility index (Phi) is 8.57. The molecule has 0 aromatic heterocycles. The van der Waals surface area contributed by atoms with Gasteiger partial charge in [0.15, 0.2) is 0 Å². The first kappa shape index (κ1) is 24.7. The lowest BCUT2D eigenvalue weighted by atomic mass is 10.1. The average molecular weight is 474 g/mol. The van der Waals surface area contributed by atoms with Crippen molar-refractivity contribution in [1.82, 2.24) is 20.9 Å². The molecule has 12 heteroatoms. The summed E-state index contributed by atoms with van der Waals surface area (Å²) in [6, 6.07) is 3.49. The fourth-order valence-electron chi connectivity index (χ4n) is 3.71. The Hall–Kier alpha value is -3.93. The molecule has 0 radical (unpaired) electrons. The van der Waals surface area contributed by atoms with Gasteiger partial charge in [-0.3, -0.25) is 14.6 Å². The topological polar surface area (TPSA) is 152 Å². The highest BCUT2D eigenvalue weighted by molar-refractivity contribution is 6.15. The molecule has 3 rings (SSSR count). The van der Waals surface area contributed by atoms with Gasteiger partial charge < -0.3 is 36.6 Å². The van der Waals surface area contributed by atoms with Crippen molar-refractivity contribution in [3.63, 3.8) is 0 Å². The van der Waals surface area contributed by atoms with Crippen LogP contribution in [0.25, 0.3) is 5.57 Å². The van der Waals surface area contributed by atoms with Crippen molar-refractivity contribution in [1.29, 1.82) is 0 Å². The maximum Gasteiger partial charge on any atom is 0.337 e. The molecule has 6 N–H and O–H groups in total. The molecule has 11 nitrogen and oxygen atoms in total. The van der Waals surface area contributed by atoms with Crippen LogP contribution in [0.5, 0.6) is 0 Å². The van der Waals surface area contributed by atoms with Crippen LogP contribution in [-0.2, 0) is 14.4 Å². The predicted molar refractivity (Wildman–Crippen MR) is 125 cm³/mol. The Morgan fingerprint density at radius 1 is 1.26 bits per heavy atom. The molecule has 0 saturated carbocycles. The maximum absolute atomic E-state index is 14.9. The van der Waals surface area contributed by atoms with E-state index in [2.05, 4.69) is 20.9 Å². The van der Waals surface area contributed by atoms with Gasteiger partial charge in [0.1, 0.15) is 5.82 Å². The van der Waals surface area contributed by atoms with E-state index in [4.69, 9.17) is 5.73 Å². The van der Waals surface area contributed by atoms with Crippen molar-refractivity contribution in [2.24, 2.45) is 10.7 Å². The number of anilines is 1. The minimum atomic E-state index is -1.24.